The van der Waals surface area contributed by atoms with Crippen molar-refractivity contribution in [2.75, 3.05) is 5.73 Å². The van der Waals surface area contributed by atoms with Gasteiger partial charge in [0.25, 0.3) is 0 Å². The van der Waals surface area contributed by atoms with Crippen molar-refractivity contribution in [2.45, 2.75) is 32.6 Å². The zero-order valence-corrected chi connectivity index (χ0v) is 9.16. The highest BCUT2D eigenvalue weighted by Crippen LogP contribution is 2.27. The van der Waals surface area contributed by atoms with Crippen LogP contribution in [0.5, 0.6) is 0 Å². The number of aliphatic carboxylic acids is 1. The minimum atomic E-state index is -0.797. The molecule has 0 amide bonds. The summed E-state index contributed by atoms with van der Waals surface area (Å²) in [5, 5.41) is 9.12. The number of anilines is 1. The molecule has 3 heteroatoms. The summed E-state index contributed by atoms with van der Waals surface area (Å²) in [6.07, 6.45) is 1.47. The van der Waals surface area contributed by atoms with Gasteiger partial charge in [0.2, 0.25) is 0 Å². The third kappa shape index (κ3) is 2.72. The number of hydrogen-bond acceptors (Lipinski definition) is 2. The molecule has 0 spiro atoms. The van der Waals surface area contributed by atoms with Gasteiger partial charge in [-0.05, 0) is 25.0 Å². The number of carbonyl (C=O) groups is 1. The van der Waals surface area contributed by atoms with Crippen molar-refractivity contribution >= 4 is 11.7 Å². The van der Waals surface area contributed by atoms with Gasteiger partial charge in [0.1, 0.15) is 0 Å². The molecule has 1 unspecified atom stereocenters. The lowest BCUT2D eigenvalue weighted by atomic mass is 9.92. The molecule has 0 aliphatic rings. The number of rotatable bonds is 4. The SMILES string of the molecule is CCCC(C(=O)O)c1cc(C)ccc1N. The van der Waals surface area contributed by atoms with E-state index in [4.69, 9.17) is 10.8 Å². The fourth-order valence-corrected chi connectivity index (χ4v) is 1.70. The predicted octanol–water partition coefficient (Wildman–Crippen LogP) is 2.55. The molecule has 0 saturated heterocycles. The Morgan fingerprint density at radius 2 is 2.20 bits per heavy atom. The predicted molar refractivity (Wildman–Crippen MR) is 60.9 cm³/mol. The first-order valence-corrected chi connectivity index (χ1v) is 5.15. The fourth-order valence-electron chi connectivity index (χ4n) is 1.70. The Balaban J connectivity index is 3.09. The lowest BCUT2D eigenvalue weighted by Gasteiger charge is -2.14. The van der Waals surface area contributed by atoms with Gasteiger partial charge in [-0.3, -0.25) is 4.79 Å². The molecule has 82 valence electrons. The van der Waals surface area contributed by atoms with Gasteiger partial charge < -0.3 is 10.8 Å². The van der Waals surface area contributed by atoms with Gasteiger partial charge in [0, 0.05) is 5.69 Å². The van der Waals surface area contributed by atoms with Crippen molar-refractivity contribution in [2.24, 2.45) is 0 Å². The standard InChI is InChI=1S/C12H17NO2/c1-3-4-9(12(14)15)10-7-8(2)5-6-11(10)13/h5-7,9H,3-4,13H2,1-2H3,(H,14,15). The Bertz CT molecular complexity index is 361. The lowest BCUT2D eigenvalue weighted by molar-refractivity contribution is -0.139. The molecule has 15 heavy (non-hydrogen) atoms. The van der Waals surface area contributed by atoms with Gasteiger partial charge >= 0.3 is 5.97 Å². The largest absolute Gasteiger partial charge is 0.481 e. The van der Waals surface area contributed by atoms with Crippen molar-refractivity contribution in [3.63, 3.8) is 0 Å². The first-order chi connectivity index (χ1) is 7.06. The van der Waals surface area contributed by atoms with Gasteiger partial charge in [-0.15, -0.1) is 0 Å². The molecule has 1 aromatic carbocycles. The molecule has 3 nitrogen and oxygen atoms in total. The summed E-state index contributed by atoms with van der Waals surface area (Å²) in [4.78, 5) is 11.1. The van der Waals surface area contributed by atoms with E-state index in [1.807, 2.05) is 26.0 Å². The Morgan fingerprint density at radius 1 is 1.53 bits per heavy atom. The van der Waals surface area contributed by atoms with Crippen LogP contribution in [-0.2, 0) is 4.79 Å². The van der Waals surface area contributed by atoms with Crippen LogP contribution in [0.1, 0.15) is 36.8 Å². The highest BCUT2D eigenvalue weighted by atomic mass is 16.4. The van der Waals surface area contributed by atoms with E-state index in [1.54, 1.807) is 6.07 Å². The molecule has 0 aliphatic heterocycles. The zero-order chi connectivity index (χ0) is 11.4. The summed E-state index contributed by atoms with van der Waals surface area (Å²) in [5.74, 6) is -1.27. The molecule has 1 atom stereocenters. The maximum absolute atomic E-state index is 11.1. The first kappa shape index (κ1) is 11.6. The van der Waals surface area contributed by atoms with E-state index < -0.39 is 11.9 Å². The van der Waals surface area contributed by atoms with Crippen molar-refractivity contribution in [3.8, 4) is 0 Å². The highest BCUT2D eigenvalue weighted by Gasteiger charge is 2.20. The number of hydrogen-bond donors (Lipinski definition) is 2. The summed E-state index contributed by atoms with van der Waals surface area (Å²) < 4.78 is 0. The average Bonchev–Trinajstić information content (AvgIpc) is 2.18. The van der Waals surface area contributed by atoms with Gasteiger partial charge in [0.05, 0.1) is 5.92 Å². The molecule has 0 aromatic heterocycles. The van der Waals surface area contributed by atoms with Gasteiger partial charge in [-0.25, -0.2) is 0 Å². The number of carboxylic acids is 1. The third-order valence-electron chi connectivity index (χ3n) is 2.49. The number of benzene rings is 1. The van der Waals surface area contributed by atoms with Crippen LogP contribution in [0.4, 0.5) is 5.69 Å². The Morgan fingerprint density at radius 3 is 2.73 bits per heavy atom. The summed E-state index contributed by atoms with van der Waals surface area (Å²) in [5.41, 5.74) is 8.15. The molecular formula is C12H17NO2. The van der Waals surface area contributed by atoms with Crippen LogP contribution < -0.4 is 5.73 Å². The Kier molecular flexibility index (Phi) is 3.72. The Hall–Kier alpha value is -1.51. The second-order valence-corrected chi connectivity index (χ2v) is 3.81. The van der Waals surface area contributed by atoms with Crippen LogP contribution in [0.3, 0.4) is 0 Å². The molecule has 1 rings (SSSR count). The van der Waals surface area contributed by atoms with E-state index in [0.717, 1.165) is 17.5 Å². The summed E-state index contributed by atoms with van der Waals surface area (Å²) in [6.45, 7) is 3.91. The van der Waals surface area contributed by atoms with E-state index in [9.17, 15) is 4.79 Å². The van der Waals surface area contributed by atoms with E-state index in [0.29, 0.717) is 12.1 Å². The molecule has 0 bridgehead atoms. The maximum atomic E-state index is 11.1. The molecule has 0 radical (unpaired) electrons. The highest BCUT2D eigenvalue weighted by molar-refractivity contribution is 5.78. The molecular weight excluding hydrogens is 190 g/mol. The van der Waals surface area contributed by atoms with E-state index in [2.05, 4.69) is 0 Å². The van der Waals surface area contributed by atoms with E-state index in [1.165, 1.54) is 0 Å². The van der Waals surface area contributed by atoms with Crippen LogP contribution in [0.2, 0.25) is 0 Å². The van der Waals surface area contributed by atoms with Gasteiger partial charge in [-0.2, -0.15) is 0 Å². The zero-order valence-electron chi connectivity index (χ0n) is 9.16. The molecule has 0 aliphatic carbocycles. The Labute approximate surface area is 89.9 Å². The van der Waals surface area contributed by atoms with Crippen LogP contribution in [0, 0.1) is 6.92 Å². The van der Waals surface area contributed by atoms with Crippen LogP contribution >= 0.6 is 0 Å². The smallest absolute Gasteiger partial charge is 0.311 e. The quantitative estimate of drug-likeness (QED) is 0.746. The van der Waals surface area contributed by atoms with E-state index >= 15 is 0 Å². The number of nitrogens with two attached hydrogens (primary N) is 1. The lowest BCUT2D eigenvalue weighted by Crippen LogP contribution is -2.13. The summed E-state index contributed by atoms with van der Waals surface area (Å²) in [6, 6.07) is 5.53. The van der Waals surface area contributed by atoms with Crippen LogP contribution in [0.25, 0.3) is 0 Å². The topological polar surface area (TPSA) is 63.3 Å². The van der Waals surface area contributed by atoms with Crippen LogP contribution in [0.15, 0.2) is 18.2 Å². The monoisotopic (exact) mass is 207 g/mol. The van der Waals surface area contributed by atoms with Crippen molar-refractivity contribution < 1.29 is 9.90 Å². The molecule has 1 aromatic rings. The number of aryl methyl sites for hydroxylation is 1. The van der Waals surface area contributed by atoms with Crippen molar-refractivity contribution in [1.29, 1.82) is 0 Å². The van der Waals surface area contributed by atoms with E-state index in [-0.39, 0.29) is 0 Å². The summed E-state index contributed by atoms with van der Waals surface area (Å²) >= 11 is 0. The second-order valence-electron chi connectivity index (χ2n) is 3.81. The third-order valence-corrected chi connectivity index (χ3v) is 2.49. The number of carboxylic acid groups (broad SMARTS) is 1. The van der Waals surface area contributed by atoms with Gasteiger partial charge in [-0.1, -0.05) is 31.0 Å². The average molecular weight is 207 g/mol. The minimum Gasteiger partial charge on any atom is -0.481 e. The fraction of sp³-hybridized carbons (Fsp3) is 0.417. The van der Waals surface area contributed by atoms with Crippen molar-refractivity contribution in [1.82, 2.24) is 0 Å². The van der Waals surface area contributed by atoms with Crippen LogP contribution in [-0.4, -0.2) is 11.1 Å². The minimum absolute atomic E-state index is 0.477. The number of nitrogen functional groups attached to an aromatic ring is 1. The van der Waals surface area contributed by atoms with Gasteiger partial charge in [0.15, 0.2) is 0 Å². The summed E-state index contributed by atoms with van der Waals surface area (Å²) in [7, 11) is 0. The molecule has 0 saturated carbocycles. The maximum Gasteiger partial charge on any atom is 0.311 e. The first-order valence-electron chi connectivity index (χ1n) is 5.15. The molecule has 0 fully saturated rings. The molecule has 3 N–H and O–H groups in total. The normalized spacial score (nSPS) is 12.4. The van der Waals surface area contributed by atoms with Crippen molar-refractivity contribution in [3.05, 3.63) is 29.3 Å². The second kappa shape index (κ2) is 4.82. The molecule has 0 heterocycles.